The van der Waals surface area contributed by atoms with Crippen molar-refractivity contribution >= 4 is 27.7 Å². The monoisotopic (exact) mass is 402 g/mol. The number of hydrogen-bond donors (Lipinski definition) is 0. The SMILES string of the molecule is CN(C(=O)OC(C)(C)C)C1CCCN(S(=O)(=O)Cc2ccccc2Cl)C1. The molecule has 1 aliphatic heterocycles. The van der Waals surface area contributed by atoms with Gasteiger partial charge in [0, 0.05) is 31.2 Å². The molecule has 26 heavy (non-hydrogen) atoms. The Morgan fingerprint density at radius 3 is 2.62 bits per heavy atom. The lowest BCUT2D eigenvalue weighted by Gasteiger charge is -2.37. The molecular formula is C18H27ClN2O4S. The summed E-state index contributed by atoms with van der Waals surface area (Å²) in [6.07, 6.45) is 1.00. The van der Waals surface area contributed by atoms with Gasteiger partial charge in [-0.15, -0.1) is 0 Å². The van der Waals surface area contributed by atoms with E-state index in [9.17, 15) is 13.2 Å². The molecule has 0 saturated carbocycles. The number of amides is 1. The van der Waals surface area contributed by atoms with Crippen molar-refractivity contribution < 1.29 is 17.9 Å². The molecular weight excluding hydrogens is 376 g/mol. The smallest absolute Gasteiger partial charge is 0.410 e. The quantitative estimate of drug-likeness (QED) is 0.772. The summed E-state index contributed by atoms with van der Waals surface area (Å²) >= 11 is 6.10. The third-order valence-corrected chi connectivity index (χ3v) is 6.44. The Morgan fingerprint density at radius 2 is 2.00 bits per heavy atom. The van der Waals surface area contributed by atoms with Crippen molar-refractivity contribution in [2.45, 2.75) is 51.0 Å². The first-order chi connectivity index (χ1) is 12.0. The highest BCUT2D eigenvalue weighted by molar-refractivity contribution is 7.88. The molecule has 1 amide bonds. The number of halogens is 1. The fourth-order valence-corrected chi connectivity index (χ4v) is 4.79. The molecule has 1 unspecified atom stereocenters. The molecule has 0 spiro atoms. The number of piperidine rings is 1. The minimum Gasteiger partial charge on any atom is -0.444 e. The summed E-state index contributed by atoms with van der Waals surface area (Å²) in [4.78, 5) is 13.8. The highest BCUT2D eigenvalue weighted by Crippen LogP contribution is 2.24. The molecule has 1 heterocycles. The topological polar surface area (TPSA) is 66.9 Å². The second kappa shape index (κ2) is 8.15. The van der Waals surface area contributed by atoms with Crippen LogP contribution < -0.4 is 0 Å². The Morgan fingerprint density at radius 1 is 1.35 bits per heavy atom. The third-order valence-electron chi connectivity index (χ3n) is 4.28. The summed E-state index contributed by atoms with van der Waals surface area (Å²) in [7, 11) is -1.86. The molecule has 0 N–H and O–H groups in total. The van der Waals surface area contributed by atoms with E-state index in [0.717, 1.165) is 6.42 Å². The first-order valence-corrected chi connectivity index (χ1v) is 10.7. The molecule has 1 aromatic rings. The molecule has 1 atom stereocenters. The van der Waals surface area contributed by atoms with Gasteiger partial charge in [0.15, 0.2) is 0 Å². The Bertz CT molecular complexity index is 746. The van der Waals surface area contributed by atoms with Crippen molar-refractivity contribution in [3.63, 3.8) is 0 Å². The highest BCUT2D eigenvalue weighted by Gasteiger charge is 2.34. The molecule has 0 bridgehead atoms. The molecule has 1 aromatic carbocycles. The number of rotatable bonds is 4. The second-order valence-corrected chi connectivity index (χ2v) is 9.97. The fraction of sp³-hybridized carbons (Fsp3) is 0.611. The number of carbonyl (C=O) groups is 1. The van der Waals surface area contributed by atoms with Crippen LogP contribution in [-0.4, -0.2) is 55.5 Å². The van der Waals surface area contributed by atoms with Crippen LogP contribution in [0.15, 0.2) is 24.3 Å². The zero-order chi connectivity index (χ0) is 19.5. The van der Waals surface area contributed by atoms with Crippen LogP contribution in [-0.2, 0) is 20.5 Å². The van der Waals surface area contributed by atoms with E-state index in [1.807, 2.05) is 0 Å². The standard InChI is InChI=1S/C18H27ClN2O4S/c1-18(2,3)25-17(22)20(4)15-9-7-11-21(12-15)26(23,24)13-14-8-5-6-10-16(14)19/h5-6,8,10,15H,7,9,11-13H2,1-4H3. The van der Waals surface area contributed by atoms with Crippen molar-refractivity contribution in [2.24, 2.45) is 0 Å². The van der Waals surface area contributed by atoms with Crippen molar-refractivity contribution in [1.29, 1.82) is 0 Å². The van der Waals surface area contributed by atoms with Crippen molar-refractivity contribution in [1.82, 2.24) is 9.21 Å². The third kappa shape index (κ3) is 5.59. The summed E-state index contributed by atoms with van der Waals surface area (Å²) in [5.74, 6) is -0.143. The van der Waals surface area contributed by atoms with Crippen LogP contribution in [0.4, 0.5) is 4.79 Å². The zero-order valence-corrected chi connectivity index (χ0v) is 17.3. The van der Waals surface area contributed by atoms with Gasteiger partial charge >= 0.3 is 6.09 Å². The van der Waals surface area contributed by atoms with Gasteiger partial charge in [0.25, 0.3) is 0 Å². The van der Waals surface area contributed by atoms with Gasteiger partial charge in [-0.1, -0.05) is 29.8 Å². The Hall–Kier alpha value is -1.31. The lowest BCUT2D eigenvalue weighted by Crippen LogP contribution is -2.51. The molecule has 6 nitrogen and oxygen atoms in total. The minimum absolute atomic E-state index is 0.143. The predicted molar refractivity (Wildman–Crippen MR) is 103 cm³/mol. The normalized spacial score (nSPS) is 19.2. The number of ether oxygens (including phenoxy) is 1. The van der Waals surface area contributed by atoms with Crippen LogP contribution in [0.1, 0.15) is 39.2 Å². The average Bonchev–Trinajstić information content (AvgIpc) is 2.54. The summed E-state index contributed by atoms with van der Waals surface area (Å²) in [6.45, 7) is 6.13. The maximum atomic E-state index is 12.8. The van der Waals surface area contributed by atoms with E-state index < -0.39 is 21.7 Å². The van der Waals surface area contributed by atoms with Gasteiger partial charge in [0.2, 0.25) is 10.0 Å². The first-order valence-electron chi connectivity index (χ1n) is 8.66. The van der Waals surface area contributed by atoms with E-state index in [1.165, 1.54) is 9.21 Å². The van der Waals surface area contributed by atoms with Gasteiger partial charge in [-0.05, 0) is 45.2 Å². The summed E-state index contributed by atoms with van der Waals surface area (Å²) in [6, 6.07) is 6.73. The van der Waals surface area contributed by atoms with Crippen LogP contribution in [0.2, 0.25) is 5.02 Å². The number of likely N-dealkylation sites (N-methyl/N-ethyl adjacent to an activating group) is 1. The van der Waals surface area contributed by atoms with E-state index >= 15 is 0 Å². The van der Waals surface area contributed by atoms with Crippen LogP contribution in [0, 0.1) is 0 Å². The lowest BCUT2D eigenvalue weighted by molar-refractivity contribution is 0.0173. The maximum absolute atomic E-state index is 12.8. The molecule has 1 saturated heterocycles. The molecule has 0 aromatic heterocycles. The van der Waals surface area contributed by atoms with Crippen LogP contribution >= 0.6 is 11.6 Å². The average molecular weight is 403 g/mol. The molecule has 0 aliphatic carbocycles. The van der Waals surface area contributed by atoms with E-state index in [-0.39, 0.29) is 18.3 Å². The largest absolute Gasteiger partial charge is 0.444 e. The zero-order valence-electron chi connectivity index (χ0n) is 15.7. The Balaban J connectivity index is 2.07. The number of sulfonamides is 1. The Kier molecular flexibility index (Phi) is 6.58. The van der Waals surface area contributed by atoms with Crippen LogP contribution in [0.3, 0.4) is 0 Å². The second-order valence-electron chi connectivity index (χ2n) is 7.59. The Labute approximate surface area is 161 Å². The van der Waals surface area contributed by atoms with Crippen molar-refractivity contribution in [2.75, 3.05) is 20.1 Å². The summed E-state index contributed by atoms with van der Waals surface area (Å²) < 4.78 is 32.4. The number of nitrogens with zero attached hydrogens (tertiary/aromatic N) is 2. The van der Waals surface area contributed by atoms with Gasteiger partial charge in [-0.25, -0.2) is 13.2 Å². The van der Waals surface area contributed by atoms with Gasteiger partial charge in [0.1, 0.15) is 5.60 Å². The molecule has 0 radical (unpaired) electrons. The van der Waals surface area contributed by atoms with E-state index in [0.29, 0.717) is 23.6 Å². The predicted octanol–water partition coefficient (Wildman–Crippen LogP) is 3.50. The van der Waals surface area contributed by atoms with E-state index in [1.54, 1.807) is 52.1 Å². The molecule has 1 aliphatic rings. The van der Waals surface area contributed by atoms with Crippen LogP contribution in [0.5, 0.6) is 0 Å². The lowest BCUT2D eigenvalue weighted by atomic mass is 10.1. The minimum atomic E-state index is -3.52. The highest BCUT2D eigenvalue weighted by atomic mass is 35.5. The van der Waals surface area contributed by atoms with Crippen molar-refractivity contribution in [3.05, 3.63) is 34.9 Å². The molecule has 146 valence electrons. The fourth-order valence-electron chi connectivity index (χ4n) is 2.88. The van der Waals surface area contributed by atoms with Crippen molar-refractivity contribution in [3.8, 4) is 0 Å². The van der Waals surface area contributed by atoms with Gasteiger partial charge < -0.3 is 9.64 Å². The van der Waals surface area contributed by atoms with E-state index in [2.05, 4.69) is 0 Å². The van der Waals surface area contributed by atoms with E-state index in [4.69, 9.17) is 16.3 Å². The maximum Gasteiger partial charge on any atom is 0.410 e. The van der Waals surface area contributed by atoms with Gasteiger partial charge in [-0.3, -0.25) is 0 Å². The first kappa shape index (κ1) is 21.0. The number of carbonyl (C=O) groups excluding carboxylic acids is 1. The number of benzene rings is 1. The summed E-state index contributed by atoms with van der Waals surface area (Å²) in [5, 5.41) is 0.440. The molecule has 8 heteroatoms. The molecule has 2 rings (SSSR count). The van der Waals surface area contributed by atoms with Gasteiger partial charge in [-0.2, -0.15) is 4.31 Å². The molecule has 1 fully saturated rings. The van der Waals surface area contributed by atoms with Gasteiger partial charge in [0.05, 0.1) is 5.75 Å². The number of hydrogen-bond acceptors (Lipinski definition) is 4. The summed E-state index contributed by atoms with van der Waals surface area (Å²) in [5.41, 5.74) is -0.00711. The van der Waals surface area contributed by atoms with Crippen LogP contribution in [0.25, 0.3) is 0 Å².